The van der Waals surface area contributed by atoms with Crippen LogP contribution >= 0.6 is 11.6 Å². The van der Waals surface area contributed by atoms with Gasteiger partial charge in [-0.3, -0.25) is 0 Å². The number of hydrogen-bond acceptors (Lipinski definition) is 3. The Morgan fingerprint density at radius 1 is 1.33 bits per heavy atom. The summed E-state index contributed by atoms with van der Waals surface area (Å²) in [6, 6.07) is 3.03. The van der Waals surface area contributed by atoms with Crippen LogP contribution in [-0.2, 0) is 10.0 Å². The largest absolute Gasteiger partial charge is 0.397 e. The van der Waals surface area contributed by atoms with Crippen LogP contribution in [0.25, 0.3) is 0 Å². The number of nitrogens with two attached hydrogens (primary N) is 1. The van der Waals surface area contributed by atoms with E-state index in [2.05, 4.69) is 0 Å². The molecule has 0 saturated heterocycles. The third-order valence-corrected chi connectivity index (χ3v) is 6.18. The minimum atomic E-state index is -3.56. The molecule has 0 spiro atoms. The molecule has 0 heterocycles. The highest BCUT2D eigenvalue weighted by Gasteiger charge is 2.29. The van der Waals surface area contributed by atoms with E-state index in [9.17, 15) is 8.42 Å². The first-order valence-electron chi connectivity index (χ1n) is 7.33. The lowest BCUT2D eigenvalue weighted by molar-refractivity contribution is 0.324. The van der Waals surface area contributed by atoms with Crippen molar-refractivity contribution in [2.45, 2.75) is 57.9 Å². The number of aryl methyl sites for hydroxylation is 1. The summed E-state index contributed by atoms with van der Waals surface area (Å²) in [6.45, 7) is 8.24. The van der Waals surface area contributed by atoms with Crippen molar-refractivity contribution in [2.24, 2.45) is 0 Å². The molecule has 1 aromatic carbocycles. The van der Waals surface area contributed by atoms with Crippen LogP contribution in [0.15, 0.2) is 17.0 Å². The van der Waals surface area contributed by atoms with Gasteiger partial charge in [0.1, 0.15) is 0 Å². The Morgan fingerprint density at radius 3 is 2.48 bits per heavy atom. The van der Waals surface area contributed by atoms with Crippen LogP contribution in [0, 0.1) is 6.92 Å². The molecule has 0 radical (unpaired) electrons. The fourth-order valence-electron chi connectivity index (χ4n) is 2.17. The summed E-state index contributed by atoms with van der Waals surface area (Å²) in [5, 5.41) is 0.384. The Kier molecular flexibility index (Phi) is 6.50. The first kappa shape index (κ1) is 18.3. The summed E-state index contributed by atoms with van der Waals surface area (Å²) in [7, 11) is -3.56. The summed E-state index contributed by atoms with van der Waals surface area (Å²) >= 11 is 5.96. The maximum Gasteiger partial charge on any atom is 0.243 e. The number of halogens is 1. The van der Waals surface area contributed by atoms with Gasteiger partial charge in [-0.2, -0.15) is 4.31 Å². The molecule has 1 rings (SSSR count). The molecule has 4 nitrogen and oxygen atoms in total. The van der Waals surface area contributed by atoms with E-state index in [1.54, 1.807) is 17.3 Å². The molecule has 1 aromatic rings. The molecule has 120 valence electrons. The van der Waals surface area contributed by atoms with Crippen molar-refractivity contribution in [3.8, 4) is 0 Å². The Hall–Kier alpha value is -0.780. The minimum absolute atomic E-state index is 0.0437. The van der Waals surface area contributed by atoms with Gasteiger partial charge >= 0.3 is 0 Å². The van der Waals surface area contributed by atoms with Gasteiger partial charge in [0, 0.05) is 12.6 Å². The Bertz CT molecular complexity index is 588. The fourth-order valence-corrected chi connectivity index (χ4v) is 4.37. The molecule has 2 N–H and O–H groups in total. The SMILES string of the molecule is CCCCN(C(C)CC)S(=O)(=O)c1cc(N)c(Cl)cc1C. The third-order valence-electron chi connectivity index (χ3n) is 3.70. The summed E-state index contributed by atoms with van der Waals surface area (Å²) < 4.78 is 27.5. The molecule has 6 heteroatoms. The summed E-state index contributed by atoms with van der Waals surface area (Å²) in [5.41, 5.74) is 6.70. The van der Waals surface area contributed by atoms with Crippen LogP contribution < -0.4 is 5.73 Å². The molecule has 0 bridgehead atoms. The van der Waals surface area contributed by atoms with E-state index in [1.807, 2.05) is 20.8 Å². The normalized spacial score (nSPS) is 13.6. The number of anilines is 1. The van der Waals surface area contributed by atoms with Crippen LogP contribution in [-0.4, -0.2) is 25.3 Å². The Morgan fingerprint density at radius 2 is 1.95 bits per heavy atom. The number of unbranched alkanes of at least 4 members (excludes halogenated alkanes) is 1. The lowest BCUT2D eigenvalue weighted by Crippen LogP contribution is -2.39. The van der Waals surface area contributed by atoms with E-state index in [-0.39, 0.29) is 10.9 Å². The van der Waals surface area contributed by atoms with Gasteiger partial charge in [0.15, 0.2) is 0 Å². The van der Waals surface area contributed by atoms with Crippen LogP contribution in [0.1, 0.15) is 45.6 Å². The molecule has 0 aliphatic rings. The van der Waals surface area contributed by atoms with Crippen molar-refractivity contribution in [1.82, 2.24) is 4.31 Å². The molecule has 0 amide bonds. The molecule has 0 aromatic heterocycles. The fraction of sp³-hybridized carbons (Fsp3) is 0.600. The molecule has 0 saturated carbocycles. The third kappa shape index (κ3) is 4.11. The summed E-state index contributed by atoms with van der Waals surface area (Å²) in [4.78, 5) is 0.251. The average molecular weight is 333 g/mol. The van der Waals surface area contributed by atoms with Crippen LogP contribution in [0.3, 0.4) is 0 Å². The van der Waals surface area contributed by atoms with E-state index < -0.39 is 10.0 Å². The van der Waals surface area contributed by atoms with Crippen LogP contribution in [0.2, 0.25) is 5.02 Å². The maximum absolute atomic E-state index is 13.0. The topological polar surface area (TPSA) is 63.4 Å². The molecule has 0 fully saturated rings. The van der Waals surface area contributed by atoms with E-state index >= 15 is 0 Å². The summed E-state index contributed by atoms with van der Waals surface area (Å²) in [6.07, 6.45) is 2.56. The summed E-state index contributed by atoms with van der Waals surface area (Å²) in [5.74, 6) is 0. The molecule has 1 atom stereocenters. The predicted molar refractivity (Wildman–Crippen MR) is 89.2 cm³/mol. The molecular weight excluding hydrogens is 308 g/mol. The van der Waals surface area contributed by atoms with Gasteiger partial charge < -0.3 is 5.73 Å². The molecule has 21 heavy (non-hydrogen) atoms. The number of sulfonamides is 1. The van der Waals surface area contributed by atoms with Crippen molar-refractivity contribution in [3.63, 3.8) is 0 Å². The monoisotopic (exact) mass is 332 g/mol. The molecule has 1 unspecified atom stereocenters. The lowest BCUT2D eigenvalue weighted by Gasteiger charge is -2.28. The van der Waals surface area contributed by atoms with E-state index in [4.69, 9.17) is 17.3 Å². The lowest BCUT2D eigenvalue weighted by atomic mass is 10.2. The number of nitrogen functional groups attached to an aromatic ring is 1. The van der Waals surface area contributed by atoms with E-state index in [1.165, 1.54) is 6.07 Å². The maximum atomic E-state index is 13.0. The Balaban J connectivity index is 3.31. The van der Waals surface area contributed by atoms with Crippen molar-refractivity contribution < 1.29 is 8.42 Å². The van der Waals surface area contributed by atoms with Gasteiger partial charge in [-0.15, -0.1) is 0 Å². The molecular formula is C15H25ClN2O2S. The van der Waals surface area contributed by atoms with Gasteiger partial charge in [0.05, 0.1) is 15.6 Å². The second-order valence-electron chi connectivity index (χ2n) is 5.37. The van der Waals surface area contributed by atoms with Gasteiger partial charge in [-0.25, -0.2) is 8.42 Å². The highest BCUT2D eigenvalue weighted by Crippen LogP contribution is 2.29. The standard InChI is InChI=1S/C15H25ClN2O2S/c1-5-7-8-18(12(4)6-2)21(19,20)15-10-14(17)13(16)9-11(15)3/h9-10,12H,5-8,17H2,1-4H3. The van der Waals surface area contributed by atoms with E-state index in [0.29, 0.717) is 22.8 Å². The van der Waals surface area contributed by atoms with Crippen molar-refractivity contribution in [1.29, 1.82) is 0 Å². The highest BCUT2D eigenvalue weighted by molar-refractivity contribution is 7.89. The zero-order chi connectivity index (χ0) is 16.2. The zero-order valence-electron chi connectivity index (χ0n) is 13.2. The van der Waals surface area contributed by atoms with Gasteiger partial charge in [-0.1, -0.05) is 31.9 Å². The second kappa shape index (κ2) is 7.47. The quantitative estimate of drug-likeness (QED) is 0.772. The number of nitrogens with zero attached hydrogens (tertiary/aromatic N) is 1. The smallest absolute Gasteiger partial charge is 0.243 e. The van der Waals surface area contributed by atoms with Gasteiger partial charge in [0.25, 0.3) is 0 Å². The average Bonchev–Trinajstić information content (AvgIpc) is 2.42. The van der Waals surface area contributed by atoms with Gasteiger partial charge in [-0.05, 0) is 44.4 Å². The van der Waals surface area contributed by atoms with E-state index in [0.717, 1.165) is 19.3 Å². The molecule has 0 aliphatic heterocycles. The number of benzene rings is 1. The van der Waals surface area contributed by atoms with Crippen LogP contribution in [0.4, 0.5) is 5.69 Å². The predicted octanol–water partition coefficient (Wildman–Crippen LogP) is 3.82. The van der Waals surface area contributed by atoms with Crippen molar-refractivity contribution in [2.75, 3.05) is 12.3 Å². The number of rotatable bonds is 7. The first-order valence-corrected chi connectivity index (χ1v) is 9.14. The molecule has 0 aliphatic carbocycles. The number of hydrogen-bond donors (Lipinski definition) is 1. The van der Waals surface area contributed by atoms with Crippen molar-refractivity contribution in [3.05, 3.63) is 22.7 Å². The van der Waals surface area contributed by atoms with Gasteiger partial charge in [0.2, 0.25) is 10.0 Å². The van der Waals surface area contributed by atoms with Crippen LogP contribution in [0.5, 0.6) is 0 Å². The first-order chi connectivity index (χ1) is 9.75. The Labute approximate surface area is 133 Å². The highest BCUT2D eigenvalue weighted by atomic mass is 35.5. The van der Waals surface area contributed by atoms with Crippen molar-refractivity contribution >= 4 is 27.3 Å². The minimum Gasteiger partial charge on any atom is -0.397 e. The second-order valence-corrected chi connectivity index (χ2v) is 7.63. The zero-order valence-corrected chi connectivity index (χ0v) is 14.8.